The SMILES string of the molecule is c1ccc(-c2nc(-c3ccc4c(c3)oc3ccc(-n5c6ccccc6c6ccccc65)cc34)nc(-c3cccc4oc5ccc(-c6cccc7c8ccccc8n(-c8ccccc8)c67)cc5c34)n2)cc1. The number of fused-ring (bicyclic) bond motifs is 12. The zero-order chi connectivity index (χ0) is 45.9. The van der Waals surface area contributed by atoms with Gasteiger partial charge in [-0.25, -0.2) is 15.0 Å². The lowest BCUT2D eigenvalue weighted by Crippen LogP contribution is -2.00. The molecule has 0 aliphatic heterocycles. The fraction of sp³-hybridized carbons (Fsp3) is 0. The number of aromatic nitrogens is 5. The van der Waals surface area contributed by atoms with Gasteiger partial charge >= 0.3 is 0 Å². The van der Waals surface area contributed by atoms with Gasteiger partial charge in [0.2, 0.25) is 0 Å². The third-order valence-electron chi connectivity index (χ3n) is 14.0. The Morgan fingerprint density at radius 1 is 0.286 bits per heavy atom. The fourth-order valence-electron chi connectivity index (χ4n) is 10.9. The highest BCUT2D eigenvalue weighted by Gasteiger charge is 2.22. The van der Waals surface area contributed by atoms with Gasteiger partial charge in [0.05, 0.1) is 22.1 Å². The van der Waals surface area contributed by atoms with Gasteiger partial charge < -0.3 is 18.0 Å². The van der Waals surface area contributed by atoms with E-state index in [9.17, 15) is 0 Å². The van der Waals surface area contributed by atoms with Crippen LogP contribution in [0.4, 0.5) is 0 Å². The molecular formula is C63H37N5O2. The maximum Gasteiger partial charge on any atom is 0.164 e. The lowest BCUT2D eigenvalue weighted by Gasteiger charge is -2.12. The van der Waals surface area contributed by atoms with Gasteiger partial charge in [-0.05, 0) is 84.4 Å². The van der Waals surface area contributed by atoms with Gasteiger partial charge in [-0.1, -0.05) is 146 Å². The van der Waals surface area contributed by atoms with Crippen LogP contribution in [0.3, 0.4) is 0 Å². The number of furan rings is 2. The van der Waals surface area contributed by atoms with Crippen LogP contribution in [-0.2, 0) is 0 Å². The summed E-state index contributed by atoms with van der Waals surface area (Å²) in [6, 6.07) is 78.5. The van der Waals surface area contributed by atoms with Gasteiger partial charge in [-0.15, -0.1) is 0 Å². The summed E-state index contributed by atoms with van der Waals surface area (Å²) < 4.78 is 18.0. The molecule has 10 aromatic carbocycles. The molecule has 0 fully saturated rings. The summed E-state index contributed by atoms with van der Waals surface area (Å²) in [4.78, 5) is 15.6. The zero-order valence-electron chi connectivity index (χ0n) is 37.4. The van der Waals surface area contributed by atoms with Crippen LogP contribution < -0.4 is 0 Å². The van der Waals surface area contributed by atoms with Gasteiger partial charge in [-0.3, -0.25) is 0 Å². The van der Waals surface area contributed by atoms with E-state index in [1.54, 1.807) is 0 Å². The number of para-hydroxylation sites is 5. The van der Waals surface area contributed by atoms with Gasteiger partial charge in [0.25, 0.3) is 0 Å². The first kappa shape index (κ1) is 38.5. The van der Waals surface area contributed by atoms with Crippen molar-refractivity contribution in [1.29, 1.82) is 0 Å². The van der Waals surface area contributed by atoms with Crippen molar-refractivity contribution in [3.63, 3.8) is 0 Å². The Kier molecular flexibility index (Phi) is 8.23. The zero-order valence-corrected chi connectivity index (χ0v) is 37.4. The smallest absolute Gasteiger partial charge is 0.164 e. The maximum atomic E-state index is 6.62. The van der Waals surface area contributed by atoms with Crippen molar-refractivity contribution in [2.45, 2.75) is 0 Å². The normalized spacial score (nSPS) is 12.0. The molecule has 0 bridgehead atoms. The molecule has 5 aromatic heterocycles. The Morgan fingerprint density at radius 3 is 1.63 bits per heavy atom. The molecule has 0 radical (unpaired) electrons. The van der Waals surface area contributed by atoms with Crippen molar-refractivity contribution in [2.24, 2.45) is 0 Å². The molecule has 7 nitrogen and oxygen atoms in total. The van der Waals surface area contributed by atoms with Crippen LogP contribution in [0.2, 0.25) is 0 Å². The number of nitrogens with zero attached hydrogens (tertiary/aromatic N) is 5. The molecule has 0 saturated carbocycles. The van der Waals surface area contributed by atoms with Crippen molar-refractivity contribution in [3.8, 4) is 56.7 Å². The molecule has 0 unspecified atom stereocenters. The molecule has 0 aliphatic rings. The van der Waals surface area contributed by atoms with E-state index in [0.29, 0.717) is 17.5 Å². The second-order valence-corrected chi connectivity index (χ2v) is 17.9. The van der Waals surface area contributed by atoms with Crippen molar-refractivity contribution in [1.82, 2.24) is 24.1 Å². The summed E-state index contributed by atoms with van der Waals surface area (Å²) in [7, 11) is 0. The van der Waals surface area contributed by atoms with E-state index in [0.717, 1.165) is 94.1 Å². The molecule has 0 saturated heterocycles. The van der Waals surface area contributed by atoms with Crippen molar-refractivity contribution >= 4 is 87.5 Å². The highest BCUT2D eigenvalue weighted by Crippen LogP contribution is 2.43. The molecule has 0 atom stereocenters. The molecule has 15 aromatic rings. The Balaban J connectivity index is 0.891. The largest absolute Gasteiger partial charge is 0.456 e. The first-order chi connectivity index (χ1) is 34.7. The van der Waals surface area contributed by atoms with E-state index in [4.69, 9.17) is 23.8 Å². The lowest BCUT2D eigenvalue weighted by molar-refractivity contribution is 0.668. The van der Waals surface area contributed by atoms with E-state index < -0.39 is 0 Å². The number of rotatable bonds is 6. The first-order valence-electron chi connectivity index (χ1n) is 23.5. The second kappa shape index (κ2) is 15.0. The molecule has 15 rings (SSSR count). The Hall–Kier alpha value is -9.59. The molecule has 0 amide bonds. The van der Waals surface area contributed by atoms with Crippen LogP contribution in [0.1, 0.15) is 0 Å². The van der Waals surface area contributed by atoms with Gasteiger partial charge in [0, 0.05) is 76.7 Å². The quantitative estimate of drug-likeness (QED) is 0.166. The van der Waals surface area contributed by atoms with Crippen LogP contribution in [-0.4, -0.2) is 24.1 Å². The van der Waals surface area contributed by atoms with Crippen LogP contribution in [0.5, 0.6) is 0 Å². The van der Waals surface area contributed by atoms with Crippen LogP contribution in [0.15, 0.2) is 233 Å². The van der Waals surface area contributed by atoms with E-state index >= 15 is 0 Å². The minimum absolute atomic E-state index is 0.545. The molecule has 0 spiro atoms. The maximum absolute atomic E-state index is 6.62. The van der Waals surface area contributed by atoms with E-state index in [1.807, 2.05) is 42.5 Å². The number of hydrogen-bond donors (Lipinski definition) is 0. The van der Waals surface area contributed by atoms with E-state index in [2.05, 4.69) is 191 Å². The Bertz CT molecular complexity index is 4540. The molecule has 0 aliphatic carbocycles. The third kappa shape index (κ3) is 5.79. The fourth-order valence-corrected chi connectivity index (χ4v) is 10.9. The monoisotopic (exact) mass is 895 g/mol. The molecule has 0 N–H and O–H groups in total. The molecule has 5 heterocycles. The van der Waals surface area contributed by atoms with Gasteiger partial charge in [-0.2, -0.15) is 0 Å². The predicted octanol–water partition coefficient (Wildman–Crippen LogP) is 16.5. The summed E-state index contributed by atoms with van der Waals surface area (Å²) in [6.07, 6.45) is 0. The van der Waals surface area contributed by atoms with E-state index in [1.165, 1.54) is 32.6 Å². The summed E-state index contributed by atoms with van der Waals surface area (Å²) in [5, 5.41) is 8.85. The number of hydrogen-bond acceptors (Lipinski definition) is 5. The summed E-state index contributed by atoms with van der Waals surface area (Å²) in [6.45, 7) is 0. The summed E-state index contributed by atoms with van der Waals surface area (Å²) >= 11 is 0. The van der Waals surface area contributed by atoms with Crippen molar-refractivity contribution in [3.05, 3.63) is 224 Å². The summed E-state index contributed by atoms with van der Waals surface area (Å²) in [5.74, 6) is 1.67. The second-order valence-electron chi connectivity index (χ2n) is 17.9. The van der Waals surface area contributed by atoms with E-state index in [-0.39, 0.29) is 0 Å². The van der Waals surface area contributed by atoms with Crippen LogP contribution in [0, 0.1) is 0 Å². The average molecular weight is 896 g/mol. The van der Waals surface area contributed by atoms with Gasteiger partial charge in [0.1, 0.15) is 22.3 Å². The first-order valence-corrected chi connectivity index (χ1v) is 23.5. The Labute approximate surface area is 399 Å². The molecular weight excluding hydrogens is 859 g/mol. The number of benzene rings is 10. The van der Waals surface area contributed by atoms with Crippen molar-refractivity contribution in [2.75, 3.05) is 0 Å². The molecule has 7 heteroatoms. The summed E-state index contributed by atoms with van der Waals surface area (Å²) in [5.41, 5.74) is 14.7. The highest BCUT2D eigenvalue weighted by molar-refractivity contribution is 6.17. The van der Waals surface area contributed by atoms with Gasteiger partial charge in [0.15, 0.2) is 17.5 Å². The van der Waals surface area contributed by atoms with Crippen molar-refractivity contribution < 1.29 is 8.83 Å². The standard InChI is InChI=1S/C63H37N5O2/c1-3-15-38(16-4-1)61-64-62(40-29-32-47-50-37-42(31-34-55(50)70-58(47)36-40)67-52-25-10-7-19-44(52)45-20-8-11-26-53(45)67)66-63(65-61)49-24-14-28-57-59(49)51-35-39(30-33-56(51)69-57)43-22-13-23-48-46-21-9-12-27-54(46)68(60(43)48)41-17-5-2-6-18-41/h1-37H. The molecule has 326 valence electrons. The molecule has 70 heavy (non-hydrogen) atoms. The predicted molar refractivity (Wildman–Crippen MR) is 285 cm³/mol. The Morgan fingerprint density at radius 2 is 0.857 bits per heavy atom. The minimum Gasteiger partial charge on any atom is -0.456 e. The topological polar surface area (TPSA) is 74.8 Å². The third-order valence-corrected chi connectivity index (χ3v) is 14.0. The minimum atomic E-state index is 0.545. The average Bonchev–Trinajstić information content (AvgIpc) is 4.18. The lowest BCUT2D eigenvalue weighted by atomic mass is 9.98. The van der Waals surface area contributed by atoms with Crippen LogP contribution >= 0.6 is 0 Å². The highest BCUT2D eigenvalue weighted by atomic mass is 16.3. The van der Waals surface area contributed by atoms with Crippen LogP contribution in [0.25, 0.3) is 144 Å².